The van der Waals surface area contributed by atoms with Gasteiger partial charge in [-0.1, -0.05) is 35.5 Å². The number of esters is 1. The van der Waals surface area contributed by atoms with Gasteiger partial charge in [-0.25, -0.2) is 9.78 Å². The molecule has 0 aliphatic carbocycles. The monoisotopic (exact) mass is 364 g/mol. The number of ether oxygens (including phenoxy) is 1. The summed E-state index contributed by atoms with van der Waals surface area (Å²) in [5.41, 5.74) is 1.37. The fraction of sp³-hybridized carbons (Fsp3) is 0.235. The lowest BCUT2D eigenvalue weighted by Gasteiger charge is -2.12. The van der Waals surface area contributed by atoms with Gasteiger partial charge in [-0.2, -0.15) is 0 Å². The minimum atomic E-state index is -0.386. The number of carbonyl (C=O) groups excluding carboxylic acids is 2. The van der Waals surface area contributed by atoms with Crippen LogP contribution >= 0.6 is 23.4 Å². The van der Waals surface area contributed by atoms with Crippen LogP contribution in [0.1, 0.15) is 22.8 Å². The number of halogens is 1. The summed E-state index contributed by atoms with van der Waals surface area (Å²) in [6.07, 6.45) is 1.64. The summed E-state index contributed by atoms with van der Waals surface area (Å²) in [7, 11) is 1.34. The molecule has 1 N–H and O–H groups in total. The summed E-state index contributed by atoms with van der Waals surface area (Å²) in [4.78, 5) is 27.7. The number of nitrogens with one attached hydrogen (secondary N) is 1. The Kier molecular flexibility index (Phi) is 6.63. The van der Waals surface area contributed by atoms with Crippen LogP contribution in [0.2, 0.25) is 5.02 Å². The van der Waals surface area contributed by atoms with Crippen molar-refractivity contribution in [3.63, 3.8) is 0 Å². The fourth-order valence-electron chi connectivity index (χ4n) is 1.89. The summed E-state index contributed by atoms with van der Waals surface area (Å²) < 4.78 is 4.64. The molecule has 1 aromatic carbocycles. The molecule has 1 aromatic heterocycles. The number of nitrogens with zero attached hydrogens (tertiary/aromatic N) is 1. The van der Waals surface area contributed by atoms with Crippen molar-refractivity contribution >= 4 is 35.2 Å². The molecule has 0 bridgehead atoms. The maximum absolute atomic E-state index is 12.2. The topological polar surface area (TPSA) is 68.3 Å². The molecule has 0 spiro atoms. The van der Waals surface area contributed by atoms with Gasteiger partial charge < -0.3 is 10.1 Å². The lowest BCUT2D eigenvalue weighted by atomic mass is 10.1. The smallest absolute Gasteiger partial charge is 0.337 e. The Balaban J connectivity index is 1.88. The Morgan fingerprint density at radius 1 is 1.29 bits per heavy atom. The summed E-state index contributed by atoms with van der Waals surface area (Å²) in [5.74, 6) is -0.499. The van der Waals surface area contributed by atoms with E-state index in [-0.39, 0.29) is 17.1 Å². The van der Waals surface area contributed by atoms with Crippen molar-refractivity contribution < 1.29 is 14.3 Å². The van der Waals surface area contributed by atoms with E-state index in [0.29, 0.717) is 22.2 Å². The SMILES string of the molecule is COC(=O)c1ccc(CNC(=O)[C@H](C)Sc2ncccc2Cl)cc1. The van der Waals surface area contributed by atoms with E-state index in [2.05, 4.69) is 15.0 Å². The summed E-state index contributed by atoms with van der Waals surface area (Å²) in [6.45, 7) is 2.17. The molecular weight excluding hydrogens is 348 g/mol. The number of hydrogen-bond acceptors (Lipinski definition) is 5. The first-order chi connectivity index (χ1) is 11.5. The van der Waals surface area contributed by atoms with Crippen molar-refractivity contribution in [2.75, 3.05) is 7.11 Å². The van der Waals surface area contributed by atoms with Crippen molar-refractivity contribution in [1.29, 1.82) is 0 Å². The van der Waals surface area contributed by atoms with Gasteiger partial charge >= 0.3 is 5.97 Å². The number of carbonyl (C=O) groups is 2. The van der Waals surface area contributed by atoms with E-state index in [4.69, 9.17) is 11.6 Å². The van der Waals surface area contributed by atoms with Gasteiger partial charge in [-0.3, -0.25) is 4.79 Å². The van der Waals surface area contributed by atoms with Gasteiger partial charge in [-0.05, 0) is 36.8 Å². The molecule has 2 aromatic rings. The molecule has 0 saturated heterocycles. The third kappa shape index (κ3) is 4.97. The Bertz CT molecular complexity index is 722. The number of amides is 1. The van der Waals surface area contributed by atoms with Crippen LogP contribution in [0.25, 0.3) is 0 Å². The molecule has 0 aliphatic rings. The molecule has 0 aliphatic heterocycles. The van der Waals surface area contributed by atoms with Crippen LogP contribution in [0.4, 0.5) is 0 Å². The molecule has 2 rings (SSSR count). The maximum Gasteiger partial charge on any atom is 0.337 e. The largest absolute Gasteiger partial charge is 0.465 e. The van der Waals surface area contributed by atoms with E-state index >= 15 is 0 Å². The highest BCUT2D eigenvalue weighted by Crippen LogP contribution is 2.27. The van der Waals surface area contributed by atoms with Crippen LogP contribution in [0.5, 0.6) is 0 Å². The highest BCUT2D eigenvalue weighted by Gasteiger charge is 2.16. The van der Waals surface area contributed by atoms with Crippen LogP contribution in [0, 0.1) is 0 Å². The van der Waals surface area contributed by atoms with Gasteiger partial charge in [0.05, 0.1) is 22.9 Å². The van der Waals surface area contributed by atoms with Crippen LogP contribution in [0.3, 0.4) is 0 Å². The molecule has 126 valence electrons. The van der Waals surface area contributed by atoms with Gasteiger partial charge in [-0.15, -0.1) is 0 Å². The van der Waals surface area contributed by atoms with Crippen molar-refractivity contribution in [1.82, 2.24) is 10.3 Å². The first kappa shape index (κ1) is 18.3. The first-order valence-corrected chi connectivity index (χ1v) is 8.49. The molecule has 0 radical (unpaired) electrons. The fourth-order valence-corrected chi connectivity index (χ4v) is 2.97. The Hall–Kier alpha value is -2.05. The first-order valence-electron chi connectivity index (χ1n) is 7.23. The summed E-state index contributed by atoms with van der Waals surface area (Å²) >= 11 is 7.35. The van der Waals surface area contributed by atoms with E-state index in [1.807, 2.05) is 0 Å². The minimum Gasteiger partial charge on any atom is -0.465 e. The average Bonchev–Trinajstić information content (AvgIpc) is 2.61. The number of hydrogen-bond donors (Lipinski definition) is 1. The van der Waals surface area contributed by atoms with Gasteiger partial charge in [0, 0.05) is 12.7 Å². The highest BCUT2D eigenvalue weighted by atomic mass is 35.5. The van der Waals surface area contributed by atoms with Gasteiger partial charge in [0.1, 0.15) is 5.03 Å². The van der Waals surface area contributed by atoms with Gasteiger partial charge in [0.25, 0.3) is 0 Å². The molecule has 7 heteroatoms. The van der Waals surface area contributed by atoms with E-state index < -0.39 is 0 Å². The zero-order chi connectivity index (χ0) is 17.5. The molecule has 0 saturated carbocycles. The Labute approximate surface area is 149 Å². The number of pyridine rings is 1. The molecule has 1 heterocycles. The number of benzene rings is 1. The van der Waals surface area contributed by atoms with E-state index in [9.17, 15) is 9.59 Å². The van der Waals surface area contributed by atoms with Gasteiger partial charge in [0.2, 0.25) is 5.91 Å². The number of methoxy groups -OCH3 is 1. The quantitative estimate of drug-likeness (QED) is 0.629. The second kappa shape index (κ2) is 8.70. The van der Waals surface area contributed by atoms with Crippen molar-refractivity contribution in [3.8, 4) is 0 Å². The Morgan fingerprint density at radius 2 is 2.00 bits per heavy atom. The molecule has 5 nitrogen and oxygen atoms in total. The minimum absolute atomic E-state index is 0.112. The average molecular weight is 365 g/mol. The highest BCUT2D eigenvalue weighted by molar-refractivity contribution is 8.00. The van der Waals surface area contributed by atoms with Crippen LogP contribution in [-0.4, -0.2) is 29.2 Å². The van der Waals surface area contributed by atoms with Crippen molar-refractivity contribution in [2.45, 2.75) is 23.7 Å². The zero-order valence-corrected chi connectivity index (χ0v) is 14.9. The zero-order valence-electron chi connectivity index (χ0n) is 13.3. The number of aromatic nitrogens is 1. The predicted octanol–water partition coefficient (Wildman–Crippen LogP) is 3.32. The molecule has 1 amide bonds. The van der Waals surface area contributed by atoms with Crippen LogP contribution in [0.15, 0.2) is 47.6 Å². The lowest BCUT2D eigenvalue weighted by molar-refractivity contribution is -0.120. The van der Waals surface area contributed by atoms with E-state index in [0.717, 1.165) is 5.56 Å². The Morgan fingerprint density at radius 3 is 2.62 bits per heavy atom. The molecule has 0 unspecified atom stereocenters. The normalized spacial score (nSPS) is 11.6. The van der Waals surface area contributed by atoms with Crippen LogP contribution in [-0.2, 0) is 16.1 Å². The third-order valence-electron chi connectivity index (χ3n) is 3.22. The lowest BCUT2D eigenvalue weighted by Crippen LogP contribution is -2.30. The molecule has 24 heavy (non-hydrogen) atoms. The van der Waals surface area contributed by atoms with Crippen LogP contribution < -0.4 is 5.32 Å². The second-order valence-electron chi connectivity index (χ2n) is 4.96. The standard InChI is InChI=1S/C17H17ClN2O3S/c1-11(24-16-14(18)4-3-9-19-16)15(21)20-10-12-5-7-13(8-6-12)17(22)23-2/h3-9,11H,10H2,1-2H3,(H,20,21)/t11-/m0/s1. The molecular formula is C17H17ClN2O3S. The van der Waals surface area contributed by atoms with Crippen molar-refractivity contribution in [2.24, 2.45) is 0 Å². The third-order valence-corrected chi connectivity index (χ3v) is 4.76. The van der Waals surface area contributed by atoms with Crippen molar-refractivity contribution in [3.05, 3.63) is 58.7 Å². The number of thioether (sulfide) groups is 1. The van der Waals surface area contributed by atoms with E-state index in [1.165, 1.54) is 18.9 Å². The molecule has 1 atom stereocenters. The summed E-state index contributed by atoms with van der Waals surface area (Å²) in [5, 5.41) is 3.68. The summed E-state index contributed by atoms with van der Waals surface area (Å²) in [6, 6.07) is 10.4. The second-order valence-corrected chi connectivity index (χ2v) is 6.69. The number of rotatable bonds is 6. The molecule has 0 fully saturated rings. The predicted molar refractivity (Wildman–Crippen MR) is 94.2 cm³/mol. The van der Waals surface area contributed by atoms with Gasteiger partial charge in [0.15, 0.2) is 0 Å². The maximum atomic E-state index is 12.2. The van der Waals surface area contributed by atoms with E-state index in [1.54, 1.807) is 49.5 Å².